The van der Waals surface area contributed by atoms with Gasteiger partial charge in [0.25, 0.3) is 0 Å². The molecule has 2 N–H and O–H groups in total. The fraction of sp³-hybridized carbons (Fsp3) is 0.467. The number of hydrogen-bond acceptors (Lipinski definition) is 4. The smallest absolute Gasteiger partial charge is 0.0593 e. The maximum absolute atomic E-state index is 5.92. The molecule has 2 heterocycles. The number of nitrogens with two attached hydrogens (primary N) is 1. The zero-order valence-corrected chi connectivity index (χ0v) is 11.9. The zero-order chi connectivity index (χ0) is 13.1. The molecule has 3 nitrogen and oxygen atoms in total. The van der Waals surface area contributed by atoms with Crippen LogP contribution < -0.4 is 5.73 Å². The first-order valence-electron chi connectivity index (χ1n) is 6.88. The Morgan fingerprint density at radius 1 is 1.21 bits per heavy atom. The van der Waals surface area contributed by atoms with E-state index in [-0.39, 0.29) is 0 Å². The highest BCUT2D eigenvalue weighted by atomic mass is 32.1. The van der Waals surface area contributed by atoms with E-state index in [0.29, 0.717) is 6.54 Å². The third-order valence-electron chi connectivity index (χ3n) is 3.66. The second-order valence-electron chi connectivity index (χ2n) is 4.95. The Bertz CT molecular complexity index is 544. The second-order valence-corrected chi connectivity index (χ2v) is 6.08. The summed E-state index contributed by atoms with van der Waals surface area (Å²) in [6.45, 7) is 5.52. The van der Waals surface area contributed by atoms with Crippen LogP contribution >= 0.6 is 11.3 Å². The lowest BCUT2D eigenvalue weighted by molar-refractivity contribution is 0.140. The van der Waals surface area contributed by atoms with Gasteiger partial charge in [0.05, 0.1) is 6.61 Å². The molecule has 1 aliphatic rings. The van der Waals surface area contributed by atoms with Gasteiger partial charge in [-0.05, 0) is 23.4 Å². The summed E-state index contributed by atoms with van der Waals surface area (Å²) in [5.41, 5.74) is 7.34. The molecule has 1 aromatic carbocycles. The molecule has 1 aromatic heterocycles. The molecule has 4 heteroatoms. The maximum atomic E-state index is 5.92. The Morgan fingerprint density at radius 3 is 3.00 bits per heavy atom. The van der Waals surface area contributed by atoms with Crippen LogP contribution in [0, 0.1) is 0 Å². The molecule has 3 rings (SSSR count). The van der Waals surface area contributed by atoms with Gasteiger partial charge in [0.1, 0.15) is 0 Å². The van der Waals surface area contributed by atoms with Crippen LogP contribution in [0.5, 0.6) is 0 Å². The average molecular weight is 276 g/mol. The summed E-state index contributed by atoms with van der Waals surface area (Å²) in [5, 5.41) is 1.37. The zero-order valence-electron chi connectivity index (χ0n) is 11.1. The van der Waals surface area contributed by atoms with Crippen molar-refractivity contribution in [2.45, 2.75) is 19.5 Å². The Balaban J connectivity index is 1.89. The van der Waals surface area contributed by atoms with E-state index in [9.17, 15) is 0 Å². The van der Waals surface area contributed by atoms with Crippen molar-refractivity contribution in [3.05, 3.63) is 34.7 Å². The molecule has 1 fully saturated rings. The van der Waals surface area contributed by atoms with Gasteiger partial charge in [0.15, 0.2) is 0 Å². The number of benzene rings is 1. The highest BCUT2D eigenvalue weighted by Gasteiger charge is 2.15. The summed E-state index contributed by atoms with van der Waals surface area (Å²) >= 11 is 1.83. The Morgan fingerprint density at radius 2 is 2.11 bits per heavy atom. The van der Waals surface area contributed by atoms with Crippen LogP contribution in [0.3, 0.4) is 0 Å². The van der Waals surface area contributed by atoms with Gasteiger partial charge in [0, 0.05) is 42.4 Å². The molecule has 0 bridgehead atoms. The molecule has 0 saturated carbocycles. The molecule has 102 valence electrons. The van der Waals surface area contributed by atoms with E-state index in [4.69, 9.17) is 10.5 Å². The minimum absolute atomic E-state index is 0.638. The van der Waals surface area contributed by atoms with Crippen LogP contribution in [0.25, 0.3) is 10.1 Å². The highest BCUT2D eigenvalue weighted by molar-refractivity contribution is 7.19. The molecule has 0 atom stereocenters. The maximum Gasteiger partial charge on any atom is 0.0593 e. The van der Waals surface area contributed by atoms with Crippen molar-refractivity contribution in [1.82, 2.24) is 4.90 Å². The fourth-order valence-electron chi connectivity index (χ4n) is 2.67. The molecule has 2 aromatic rings. The number of ether oxygens (including phenoxy) is 1. The van der Waals surface area contributed by atoms with E-state index in [2.05, 4.69) is 29.2 Å². The summed E-state index contributed by atoms with van der Waals surface area (Å²) < 4.78 is 6.88. The molecule has 1 saturated heterocycles. The second kappa shape index (κ2) is 6.01. The van der Waals surface area contributed by atoms with Gasteiger partial charge in [-0.1, -0.05) is 18.2 Å². The summed E-state index contributed by atoms with van der Waals surface area (Å²) in [7, 11) is 0. The number of nitrogens with zero attached hydrogens (tertiary/aromatic N) is 1. The van der Waals surface area contributed by atoms with Crippen LogP contribution in [0.4, 0.5) is 0 Å². The first kappa shape index (κ1) is 13.1. The van der Waals surface area contributed by atoms with Gasteiger partial charge in [0.2, 0.25) is 0 Å². The normalized spacial score (nSPS) is 17.7. The minimum Gasteiger partial charge on any atom is -0.380 e. The van der Waals surface area contributed by atoms with Crippen molar-refractivity contribution < 1.29 is 4.74 Å². The van der Waals surface area contributed by atoms with Crippen molar-refractivity contribution >= 4 is 21.4 Å². The first-order chi connectivity index (χ1) is 9.38. The Kier molecular flexibility index (Phi) is 4.13. The predicted molar refractivity (Wildman–Crippen MR) is 80.4 cm³/mol. The van der Waals surface area contributed by atoms with Crippen molar-refractivity contribution in [1.29, 1.82) is 0 Å². The summed E-state index contributed by atoms with van der Waals surface area (Å²) in [5.74, 6) is 0. The van der Waals surface area contributed by atoms with E-state index in [1.807, 2.05) is 11.3 Å². The van der Waals surface area contributed by atoms with E-state index in [1.54, 1.807) is 0 Å². The van der Waals surface area contributed by atoms with E-state index in [1.165, 1.54) is 20.5 Å². The van der Waals surface area contributed by atoms with Gasteiger partial charge in [-0.3, -0.25) is 4.90 Å². The lowest BCUT2D eigenvalue weighted by atomic mass is 10.1. The molecule has 0 spiro atoms. The molecule has 0 amide bonds. The number of rotatable bonds is 3. The number of hydrogen-bond donors (Lipinski definition) is 1. The molecule has 0 unspecified atom stereocenters. The van der Waals surface area contributed by atoms with Gasteiger partial charge in [-0.2, -0.15) is 0 Å². The van der Waals surface area contributed by atoms with Crippen molar-refractivity contribution in [2.24, 2.45) is 5.73 Å². The summed E-state index contributed by atoms with van der Waals surface area (Å²) in [4.78, 5) is 3.81. The Labute approximate surface area is 118 Å². The SMILES string of the molecule is NCc1sc2ccccc2c1CN1CCCOCC1. The lowest BCUT2D eigenvalue weighted by Gasteiger charge is -2.19. The van der Waals surface area contributed by atoms with Crippen LogP contribution in [-0.2, 0) is 17.8 Å². The van der Waals surface area contributed by atoms with Gasteiger partial charge >= 0.3 is 0 Å². The van der Waals surface area contributed by atoms with Gasteiger partial charge in [-0.25, -0.2) is 0 Å². The lowest BCUT2D eigenvalue weighted by Crippen LogP contribution is -2.26. The molecule has 0 radical (unpaired) electrons. The number of fused-ring (bicyclic) bond motifs is 1. The monoisotopic (exact) mass is 276 g/mol. The third-order valence-corrected chi connectivity index (χ3v) is 4.90. The highest BCUT2D eigenvalue weighted by Crippen LogP contribution is 2.32. The van der Waals surface area contributed by atoms with Crippen molar-refractivity contribution in [3.8, 4) is 0 Å². The fourth-order valence-corrected chi connectivity index (χ4v) is 3.76. The van der Waals surface area contributed by atoms with Gasteiger partial charge in [-0.15, -0.1) is 11.3 Å². The van der Waals surface area contributed by atoms with E-state index < -0.39 is 0 Å². The van der Waals surface area contributed by atoms with Crippen molar-refractivity contribution in [2.75, 3.05) is 26.3 Å². The largest absolute Gasteiger partial charge is 0.380 e. The molecular weight excluding hydrogens is 256 g/mol. The summed E-state index contributed by atoms with van der Waals surface area (Å²) in [6, 6.07) is 8.62. The van der Waals surface area contributed by atoms with Crippen LogP contribution in [0.2, 0.25) is 0 Å². The first-order valence-corrected chi connectivity index (χ1v) is 7.69. The minimum atomic E-state index is 0.638. The summed E-state index contributed by atoms with van der Waals surface area (Å²) in [6.07, 6.45) is 1.13. The van der Waals surface area contributed by atoms with Crippen LogP contribution in [0.1, 0.15) is 16.9 Å². The van der Waals surface area contributed by atoms with E-state index in [0.717, 1.165) is 39.3 Å². The third kappa shape index (κ3) is 2.82. The van der Waals surface area contributed by atoms with Crippen LogP contribution in [0.15, 0.2) is 24.3 Å². The van der Waals surface area contributed by atoms with E-state index >= 15 is 0 Å². The Hall–Kier alpha value is -0.940. The van der Waals surface area contributed by atoms with Gasteiger partial charge < -0.3 is 10.5 Å². The average Bonchev–Trinajstić information content (AvgIpc) is 2.62. The van der Waals surface area contributed by atoms with Crippen LogP contribution in [-0.4, -0.2) is 31.2 Å². The topological polar surface area (TPSA) is 38.5 Å². The molecule has 19 heavy (non-hydrogen) atoms. The quantitative estimate of drug-likeness (QED) is 0.936. The standard InChI is InChI=1S/C15H20N2OS/c16-10-15-13(11-17-6-3-8-18-9-7-17)12-4-1-2-5-14(12)19-15/h1-2,4-5H,3,6-11,16H2. The van der Waals surface area contributed by atoms with Crippen molar-refractivity contribution in [3.63, 3.8) is 0 Å². The molecule has 0 aliphatic carbocycles. The predicted octanol–water partition coefficient (Wildman–Crippen LogP) is 2.58. The molecular formula is C15H20N2OS. The molecule has 1 aliphatic heterocycles. The number of thiophene rings is 1.